The van der Waals surface area contributed by atoms with E-state index in [0.717, 1.165) is 24.1 Å². The lowest BCUT2D eigenvalue weighted by atomic mass is 10.0. The van der Waals surface area contributed by atoms with E-state index in [-0.39, 0.29) is 44.3 Å². The van der Waals surface area contributed by atoms with Crippen molar-refractivity contribution in [1.29, 1.82) is 0 Å². The minimum atomic E-state index is -4.10. The summed E-state index contributed by atoms with van der Waals surface area (Å²) in [6.45, 7) is 6.00. The number of hydrogen-bond donors (Lipinski definition) is 1. The molecule has 0 aliphatic heterocycles. The number of nitrogens with one attached hydrogen (secondary N) is 1. The Morgan fingerprint density at radius 1 is 0.919 bits per heavy atom. The fourth-order valence-corrected chi connectivity index (χ4v) is 5.17. The van der Waals surface area contributed by atoms with Crippen LogP contribution in [0.5, 0.6) is 17.2 Å². The van der Waals surface area contributed by atoms with Gasteiger partial charge < -0.3 is 9.47 Å². The standard InChI is InChI=1S/C27H25F3N2O4S/c1-15-11-24(35-5)25(12-16(15)2)37(33,34)32-18-9-10-22(21(28)14-18)36-23-13-17(3)31-26-19(23)7-6-8-20(26)27(4,29)30/h6-14,32H,1-5H3. The summed E-state index contributed by atoms with van der Waals surface area (Å²) in [5, 5.41) is 0.288. The van der Waals surface area contributed by atoms with Crippen LogP contribution < -0.4 is 14.2 Å². The third kappa shape index (κ3) is 5.34. The zero-order chi connectivity index (χ0) is 27.1. The van der Waals surface area contributed by atoms with Gasteiger partial charge in [-0.3, -0.25) is 9.71 Å². The number of aryl methyl sites for hydroxylation is 3. The second-order valence-corrected chi connectivity index (χ2v) is 10.4. The Hall–Kier alpha value is -3.79. The molecule has 4 aromatic rings. The predicted molar refractivity (Wildman–Crippen MR) is 136 cm³/mol. The van der Waals surface area contributed by atoms with Crippen LogP contribution in [0.1, 0.15) is 29.3 Å². The lowest BCUT2D eigenvalue weighted by Crippen LogP contribution is -2.15. The van der Waals surface area contributed by atoms with Gasteiger partial charge in [-0.15, -0.1) is 0 Å². The number of sulfonamides is 1. The van der Waals surface area contributed by atoms with E-state index < -0.39 is 21.8 Å². The number of rotatable bonds is 7. The topological polar surface area (TPSA) is 77.5 Å². The molecule has 0 fully saturated rings. The normalized spacial score (nSPS) is 12.0. The number of alkyl halides is 2. The van der Waals surface area contributed by atoms with Gasteiger partial charge in [0, 0.05) is 35.7 Å². The van der Waals surface area contributed by atoms with E-state index in [1.807, 2.05) is 6.92 Å². The first-order valence-electron chi connectivity index (χ1n) is 11.2. The molecule has 0 aliphatic carbocycles. The Balaban J connectivity index is 1.67. The summed E-state index contributed by atoms with van der Waals surface area (Å²) in [5.74, 6) is -3.91. The van der Waals surface area contributed by atoms with Crippen molar-refractivity contribution in [3.63, 3.8) is 0 Å². The molecule has 0 spiro atoms. The lowest BCUT2D eigenvalue weighted by molar-refractivity contribution is 0.0189. The highest BCUT2D eigenvalue weighted by Crippen LogP contribution is 2.38. The van der Waals surface area contributed by atoms with Crippen molar-refractivity contribution >= 4 is 26.6 Å². The maximum Gasteiger partial charge on any atom is 0.272 e. The average molecular weight is 531 g/mol. The van der Waals surface area contributed by atoms with Crippen molar-refractivity contribution in [1.82, 2.24) is 4.98 Å². The Labute approximate surface area is 213 Å². The van der Waals surface area contributed by atoms with Crippen LogP contribution in [-0.4, -0.2) is 20.5 Å². The van der Waals surface area contributed by atoms with Gasteiger partial charge >= 0.3 is 0 Å². The third-order valence-electron chi connectivity index (χ3n) is 5.88. The molecule has 4 rings (SSSR count). The van der Waals surface area contributed by atoms with Gasteiger partial charge in [0.25, 0.3) is 15.9 Å². The van der Waals surface area contributed by atoms with Crippen LogP contribution in [0, 0.1) is 26.6 Å². The molecule has 0 amide bonds. The van der Waals surface area contributed by atoms with Gasteiger partial charge in [-0.2, -0.15) is 0 Å². The Morgan fingerprint density at radius 3 is 2.27 bits per heavy atom. The minimum absolute atomic E-state index is 0.0335. The average Bonchev–Trinajstić information content (AvgIpc) is 2.80. The second kappa shape index (κ2) is 9.59. The summed E-state index contributed by atoms with van der Waals surface area (Å²) in [6.07, 6.45) is 0. The van der Waals surface area contributed by atoms with Crippen LogP contribution in [0.2, 0.25) is 0 Å². The zero-order valence-corrected chi connectivity index (χ0v) is 21.6. The first-order valence-corrected chi connectivity index (χ1v) is 12.7. The number of para-hydroxylation sites is 1. The summed E-state index contributed by atoms with van der Waals surface area (Å²) in [7, 11) is -2.73. The first-order chi connectivity index (χ1) is 17.3. The van der Waals surface area contributed by atoms with E-state index in [1.165, 1.54) is 43.5 Å². The zero-order valence-electron chi connectivity index (χ0n) is 20.8. The summed E-state index contributed by atoms with van der Waals surface area (Å²) in [4.78, 5) is 4.15. The van der Waals surface area contributed by atoms with E-state index in [9.17, 15) is 17.2 Å². The molecule has 37 heavy (non-hydrogen) atoms. The molecule has 0 saturated carbocycles. The number of pyridine rings is 1. The quantitative estimate of drug-likeness (QED) is 0.278. The van der Waals surface area contributed by atoms with E-state index in [1.54, 1.807) is 26.0 Å². The van der Waals surface area contributed by atoms with E-state index in [2.05, 4.69) is 9.71 Å². The van der Waals surface area contributed by atoms with Crippen molar-refractivity contribution in [2.45, 2.75) is 38.5 Å². The molecule has 0 bridgehead atoms. The third-order valence-corrected chi connectivity index (χ3v) is 7.28. The van der Waals surface area contributed by atoms with Gasteiger partial charge in [0.1, 0.15) is 16.4 Å². The van der Waals surface area contributed by atoms with Gasteiger partial charge in [0.2, 0.25) is 0 Å². The predicted octanol–water partition coefficient (Wildman–Crippen LogP) is 7.01. The molecule has 3 aromatic carbocycles. The Bertz CT molecular complexity index is 1620. The summed E-state index contributed by atoms with van der Waals surface area (Å²) in [6, 6.07) is 12.5. The van der Waals surface area contributed by atoms with Crippen molar-refractivity contribution in [2.24, 2.45) is 0 Å². The molecule has 1 heterocycles. The number of aromatic nitrogens is 1. The number of anilines is 1. The largest absolute Gasteiger partial charge is 0.495 e. The molecule has 10 heteroatoms. The molecule has 0 radical (unpaired) electrons. The van der Waals surface area contributed by atoms with Gasteiger partial charge in [-0.25, -0.2) is 21.6 Å². The number of ether oxygens (including phenoxy) is 2. The highest BCUT2D eigenvalue weighted by Gasteiger charge is 2.28. The monoisotopic (exact) mass is 530 g/mol. The Morgan fingerprint density at radius 2 is 1.62 bits per heavy atom. The maximum atomic E-state index is 15.0. The van der Waals surface area contributed by atoms with Crippen LogP contribution in [0.3, 0.4) is 0 Å². The van der Waals surface area contributed by atoms with Crippen LogP contribution in [0.15, 0.2) is 59.5 Å². The molecule has 1 N–H and O–H groups in total. The van der Waals surface area contributed by atoms with Crippen LogP contribution in [0.4, 0.5) is 18.9 Å². The van der Waals surface area contributed by atoms with E-state index in [0.29, 0.717) is 5.69 Å². The molecular formula is C27H25F3N2O4S. The van der Waals surface area contributed by atoms with Crippen LogP contribution >= 0.6 is 0 Å². The first kappa shape index (κ1) is 26.3. The smallest absolute Gasteiger partial charge is 0.272 e. The molecule has 0 aliphatic rings. The number of methoxy groups -OCH3 is 1. The number of nitrogens with zero attached hydrogens (tertiary/aromatic N) is 1. The molecule has 0 unspecified atom stereocenters. The molecule has 6 nitrogen and oxygen atoms in total. The van der Waals surface area contributed by atoms with Crippen molar-refractivity contribution in [3.05, 3.63) is 82.8 Å². The SMILES string of the molecule is COc1cc(C)c(C)cc1S(=O)(=O)Nc1ccc(Oc2cc(C)nc3c(C(C)(F)F)cccc23)c(F)c1. The summed E-state index contributed by atoms with van der Waals surface area (Å²) >= 11 is 0. The van der Waals surface area contributed by atoms with E-state index in [4.69, 9.17) is 9.47 Å². The molecule has 194 valence electrons. The van der Waals surface area contributed by atoms with Crippen molar-refractivity contribution < 1.29 is 31.1 Å². The fourth-order valence-electron chi connectivity index (χ4n) is 3.89. The number of benzene rings is 3. The maximum absolute atomic E-state index is 15.0. The van der Waals surface area contributed by atoms with Crippen LogP contribution in [-0.2, 0) is 15.9 Å². The highest BCUT2D eigenvalue weighted by molar-refractivity contribution is 7.92. The van der Waals surface area contributed by atoms with Gasteiger partial charge in [-0.1, -0.05) is 12.1 Å². The molecule has 1 aromatic heterocycles. The van der Waals surface area contributed by atoms with Crippen molar-refractivity contribution in [3.8, 4) is 17.2 Å². The van der Waals surface area contributed by atoms with Gasteiger partial charge in [0.15, 0.2) is 11.6 Å². The molecule has 0 atom stereocenters. The second-order valence-electron chi connectivity index (χ2n) is 8.79. The summed E-state index contributed by atoms with van der Waals surface area (Å²) < 4.78 is 82.6. The molecule has 0 saturated heterocycles. The van der Waals surface area contributed by atoms with Gasteiger partial charge in [0.05, 0.1) is 18.3 Å². The fraction of sp³-hybridized carbons (Fsp3) is 0.222. The minimum Gasteiger partial charge on any atom is -0.495 e. The Kier molecular flexibility index (Phi) is 6.81. The van der Waals surface area contributed by atoms with Crippen molar-refractivity contribution in [2.75, 3.05) is 11.8 Å². The number of fused-ring (bicyclic) bond motifs is 1. The van der Waals surface area contributed by atoms with Gasteiger partial charge in [-0.05, 0) is 62.2 Å². The van der Waals surface area contributed by atoms with E-state index >= 15 is 4.39 Å². The summed E-state index contributed by atoms with van der Waals surface area (Å²) in [5.41, 5.74) is 1.76. The number of hydrogen-bond acceptors (Lipinski definition) is 5. The highest BCUT2D eigenvalue weighted by atomic mass is 32.2. The van der Waals surface area contributed by atoms with Crippen LogP contribution in [0.25, 0.3) is 10.9 Å². The molecular weight excluding hydrogens is 505 g/mol. The number of halogens is 3. The lowest BCUT2D eigenvalue weighted by Gasteiger charge is -2.16.